The molecule has 5 rings (SSSR count). The molecule has 0 radical (unpaired) electrons. The zero-order chi connectivity index (χ0) is 23.2. The zero-order valence-electron chi connectivity index (χ0n) is 18.5. The summed E-state index contributed by atoms with van der Waals surface area (Å²) < 4.78 is 0. The van der Waals surface area contributed by atoms with Crippen molar-refractivity contribution in [2.45, 2.75) is 12.3 Å². The monoisotopic (exact) mass is 461 g/mol. The number of thiazole rings is 1. The lowest BCUT2D eigenvalue weighted by Gasteiger charge is -2.18. The van der Waals surface area contributed by atoms with Gasteiger partial charge in [-0.3, -0.25) is 9.78 Å². The molecule has 0 aliphatic heterocycles. The summed E-state index contributed by atoms with van der Waals surface area (Å²) >= 11 is 1.59. The SMILES string of the molecule is O=C(CC(c1ccccc1)c1ccccc1)Nc1cccc(-c2csc(-c3ccncc3)n2)c1. The molecule has 0 aliphatic carbocycles. The standard InChI is InChI=1S/C29H23N3OS/c33-28(19-26(21-8-3-1-4-9-21)22-10-5-2-6-11-22)31-25-13-7-12-24(18-25)27-20-34-29(32-27)23-14-16-30-17-15-23/h1-18,20,26H,19H2,(H,31,33). The van der Waals surface area contributed by atoms with Crippen molar-refractivity contribution in [1.29, 1.82) is 0 Å². The van der Waals surface area contributed by atoms with Crippen molar-refractivity contribution in [2.75, 3.05) is 5.32 Å². The predicted molar refractivity (Wildman–Crippen MR) is 139 cm³/mol. The molecule has 5 aromatic rings. The van der Waals surface area contributed by atoms with E-state index >= 15 is 0 Å². The molecule has 2 aromatic heterocycles. The molecule has 0 unspecified atom stereocenters. The fourth-order valence-corrected chi connectivity index (χ4v) is 4.82. The highest BCUT2D eigenvalue weighted by molar-refractivity contribution is 7.13. The molecule has 1 amide bonds. The van der Waals surface area contributed by atoms with E-state index in [0.717, 1.165) is 38.6 Å². The molecule has 1 N–H and O–H groups in total. The quantitative estimate of drug-likeness (QED) is 0.283. The first-order valence-corrected chi connectivity index (χ1v) is 12.0. The third-order valence-electron chi connectivity index (χ3n) is 5.67. The minimum absolute atomic E-state index is 0.00737. The molecule has 0 aliphatic rings. The predicted octanol–water partition coefficient (Wildman–Crippen LogP) is 7.03. The first-order chi connectivity index (χ1) is 16.8. The van der Waals surface area contributed by atoms with Crippen LogP contribution in [-0.4, -0.2) is 15.9 Å². The van der Waals surface area contributed by atoms with Gasteiger partial charge in [-0.2, -0.15) is 0 Å². The zero-order valence-corrected chi connectivity index (χ0v) is 19.3. The van der Waals surface area contributed by atoms with Crippen molar-refractivity contribution < 1.29 is 4.79 Å². The van der Waals surface area contributed by atoms with Crippen LogP contribution in [0.5, 0.6) is 0 Å². The van der Waals surface area contributed by atoms with Crippen molar-refractivity contribution in [3.05, 3.63) is 126 Å². The highest BCUT2D eigenvalue weighted by atomic mass is 32.1. The van der Waals surface area contributed by atoms with E-state index in [0.29, 0.717) is 6.42 Å². The van der Waals surface area contributed by atoms with Crippen LogP contribution in [-0.2, 0) is 4.79 Å². The Balaban J connectivity index is 1.33. The molecule has 3 aromatic carbocycles. The number of nitrogens with one attached hydrogen (secondary N) is 1. The minimum atomic E-state index is -0.0226. The van der Waals surface area contributed by atoms with Crippen molar-refractivity contribution >= 4 is 22.9 Å². The topological polar surface area (TPSA) is 54.9 Å². The Morgan fingerprint density at radius 1 is 0.794 bits per heavy atom. The molecular formula is C29H23N3OS. The second kappa shape index (κ2) is 10.2. The van der Waals surface area contributed by atoms with E-state index in [1.165, 1.54) is 0 Å². The van der Waals surface area contributed by atoms with Crippen molar-refractivity contribution in [1.82, 2.24) is 9.97 Å². The van der Waals surface area contributed by atoms with Gasteiger partial charge in [0.25, 0.3) is 0 Å². The maximum absolute atomic E-state index is 13.1. The lowest BCUT2D eigenvalue weighted by molar-refractivity contribution is -0.116. The Morgan fingerprint density at radius 2 is 1.47 bits per heavy atom. The number of hydrogen-bond acceptors (Lipinski definition) is 4. The average molecular weight is 462 g/mol. The minimum Gasteiger partial charge on any atom is -0.326 e. The van der Waals surface area contributed by atoms with Crippen LogP contribution in [0.15, 0.2) is 115 Å². The molecule has 0 fully saturated rings. The highest BCUT2D eigenvalue weighted by Gasteiger charge is 2.18. The van der Waals surface area contributed by atoms with Gasteiger partial charge in [0.1, 0.15) is 5.01 Å². The number of anilines is 1. The Hall–Kier alpha value is -4.09. The Bertz CT molecular complexity index is 1330. The van der Waals surface area contributed by atoms with Crippen molar-refractivity contribution in [3.63, 3.8) is 0 Å². The molecule has 0 spiro atoms. The molecule has 5 heteroatoms. The summed E-state index contributed by atoms with van der Waals surface area (Å²) in [5, 5.41) is 6.07. The van der Waals surface area contributed by atoms with E-state index < -0.39 is 0 Å². The molecule has 2 heterocycles. The van der Waals surface area contributed by atoms with Gasteiger partial charge in [-0.05, 0) is 35.4 Å². The van der Waals surface area contributed by atoms with E-state index in [1.807, 2.05) is 78.2 Å². The van der Waals surface area contributed by atoms with Crippen LogP contribution in [0.25, 0.3) is 21.8 Å². The largest absolute Gasteiger partial charge is 0.326 e. The summed E-state index contributed by atoms with van der Waals surface area (Å²) in [7, 11) is 0. The highest BCUT2D eigenvalue weighted by Crippen LogP contribution is 2.31. The summed E-state index contributed by atoms with van der Waals surface area (Å²) in [6, 6.07) is 32.1. The van der Waals surface area contributed by atoms with Crippen LogP contribution >= 0.6 is 11.3 Å². The van der Waals surface area contributed by atoms with E-state index in [4.69, 9.17) is 4.98 Å². The number of nitrogens with zero attached hydrogens (tertiary/aromatic N) is 2. The molecule has 166 valence electrons. The van der Waals surface area contributed by atoms with Gasteiger partial charge in [-0.1, -0.05) is 72.8 Å². The molecule has 0 bridgehead atoms. The molecule has 0 saturated heterocycles. The number of pyridine rings is 1. The summed E-state index contributed by atoms with van der Waals surface area (Å²) in [5.41, 5.74) is 5.92. The fourth-order valence-electron chi connectivity index (χ4n) is 3.99. The van der Waals surface area contributed by atoms with Crippen LogP contribution in [0.2, 0.25) is 0 Å². The molecule has 0 atom stereocenters. The van der Waals surface area contributed by atoms with Gasteiger partial charge < -0.3 is 5.32 Å². The number of benzene rings is 3. The fraction of sp³-hybridized carbons (Fsp3) is 0.0690. The third-order valence-corrected chi connectivity index (χ3v) is 6.56. The number of amides is 1. The molecule has 0 saturated carbocycles. The number of aromatic nitrogens is 2. The van der Waals surface area contributed by atoms with E-state index in [9.17, 15) is 4.79 Å². The number of carbonyl (C=O) groups excluding carboxylic acids is 1. The smallest absolute Gasteiger partial charge is 0.225 e. The van der Waals surface area contributed by atoms with Crippen LogP contribution in [0.4, 0.5) is 5.69 Å². The van der Waals surface area contributed by atoms with Crippen LogP contribution < -0.4 is 5.32 Å². The van der Waals surface area contributed by atoms with E-state index in [-0.39, 0.29) is 11.8 Å². The van der Waals surface area contributed by atoms with Gasteiger partial charge in [0.05, 0.1) is 5.69 Å². The summed E-state index contributed by atoms with van der Waals surface area (Å²) in [6.07, 6.45) is 3.90. The van der Waals surface area contributed by atoms with Gasteiger partial charge >= 0.3 is 0 Å². The Kier molecular flexibility index (Phi) is 6.54. The second-order valence-corrected chi connectivity index (χ2v) is 8.84. The van der Waals surface area contributed by atoms with Gasteiger partial charge in [0.2, 0.25) is 5.91 Å². The Labute approximate surface area is 203 Å². The number of rotatable bonds is 7. The van der Waals surface area contributed by atoms with Crippen LogP contribution in [0.3, 0.4) is 0 Å². The third kappa shape index (κ3) is 5.11. The normalized spacial score (nSPS) is 10.9. The first kappa shape index (κ1) is 21.7. The molecular weight excluding hydrogens is 438 g/mol. The van der Waals surface area contributed by atoms with Crippen molar-refractivity contribution in [2.24, 2.45) is 0 Å². The summed E-state index contributed by atoms with van der Waals surface area (Å²) in [5.74, 6) is -0.0300. The van der Waals surface area contributed by atoms with E-state index in [2.05, 4.69) is 34.6 Å². The second-order valence-electron chi connectivity index (χ2n) is 7.98. The molecule has 4 nitrogen and oxygen atoms in total. The number of carbonyl (C=O) groups is 1. The average Bonchev–Trinajstić information content (AvgIpc) is 3.40. The molecule has 34 heavy (non-hydrogen) atoms. The van der Waals surface area contributed by atoms with Crippen LogP contribution in [0, 0.1) is 0 Å². The van der Waals surface area contributed by atoms with E-state index in [1.54, 1.807) is 23.7 Å². The number of hydrogen-bond donors (Lipinski definition) is 1. The van der Waals surface area contributed by atoms with Crippen molar-refractivity contribution in [3.8, 4) is 21.8 Å². The maximum atomic E-state index is 13.1. The first-order valence-electron chi connectivity index (χ1n) is 11.1. The van der Waals surface area contributed by atoms with Gasteiger partial charge in [-0.15, -0.1) is 11.3 Å². The maximum Gasteiger partial charge on any atom is 0.225 e. The van der Waals surface area contributed by atoms with Crippen LogP contribution in [0.1, 0.15) is 23.5 Å². The Morgan fingerprint density at radius 3 is 2.15 bits per heavy atom. The summed E-state index contributed by atoms with van der Waals surface area (Å²) in [4.78, 5) is 21.9. The lowest BCUT2D eigenvalue weighted by Crippen LogP contribution is -2.16. The summed E-state index contributed by atoms with van der Waals surface area (Å²) in [6.45, 7) is 0. The van der Waals surface area contributed by atoms with Gasteiger partial charge in [-0.25, -0.2) is 4.98 Å². The van der Waals surface area contributed by atoms with Gasteiger partial charge in [0, 0.05) is 46.9 Å². The van der Waals surface area contributed by atoms with Gasteiger partial charge in [0.15, 0.2) is 0 Å². The lowest BCUT2D eigenvalue weighted by atomic mass is 9.88.